The molecule has 7 heteroatoms. The van der Waals surface area contributed by atoms with Gasteiger partial charge in [-0.25, -0.2) is 8.42 Å². The van der Waals surface area contributed by atoms with Crippen molar-refractivity contribution in [2.24, 2.45) is 0 Å². The summed E-state index contributed by atoms with van der Waals surface area (Å²) >= 11 is 0. The van der Waals surface area contributed by atoms with Crippen molar-refractivity contribution < 1.29 is 13.2 Å². The molecule has 0 radical (unpaired) electrons. The van der Waals surface area contributed by atoms with E-state index in [0.29, 0.717) is 31.1 Å². The van der Waals surface area contributed by atoms with E-state index < -0.39 is 10.0 Å². The highest BCUT2D eigenvalue weighted by Gasteiger charge is 2.33. The molecule has 1 aliphatic heterocycles. The second-order valence-electron chi connectivity index (χ2n) is 8.64. The monoisotopic (exact) mass is 393 g/mol. The summed E-state index contributed by atoms with van der Waals surface area (Å²) in [6.45, 7) is 9.69. The number of carbonyl (C=O) groups is 1. The largest absolute Gasteiger partial charge is 0.350 e. The zero-order chi connectivity index (χ0) is 19.8. The van der Waals surface area contributed by atoms with Crippen LogP contribution in [0.1, 0.15) is 45.2 Å². The Bertz CT molecular complexity index is 806. The van der Waals surface area contributed by atoms with Crippen molar-refractivity contribution in [1.82, 2.24) is 14.5 Å². The quantitative estimate of drug-likeness (QED) is 0.847. The minimum atomic E-state index is -3.48. The minimum absolute atomic E-state index is 0.0163. The molecule has 1 aromatic rings. The van der Waals surface area contributed by atoms with Crippen LogP contribution in [0.25, 0.3) is 0 Å². The Morgan fingerprint density at radius 1 is 1.07 bits per heavy atom. The molecule has 1 aliphatic carbocycles. The topological polar surface area (TPSA) is 69.7 Å². The van der Waals surface area contributed by atoms with Crippen molar-refractivity contribution in [2.45, 2.75) is 63.4 Å². The number of aryl methyl sites for hydroxylation is 2. The van der Waals surface area contributed by atoms with Gasteiger partial charge in [-0.15, -0.1) is 0 Å². The molecule has 0 bridgehead atoms. The SMILES string of the molecule is CC(C(=O)NC(C)(C)C)N1CCN(S(=O)(=O)c2ccc3c(c2)CCC3)CC1. The van der Waals surface area contributed by atoms with Crippen LogP contribution in [0.2, 0.25) is 0 Å². The molecule has 1 heterocycles. The number of nitrogens with one attached hydrogen (secondary N) is 1. The first-order chi connectivity index (χ1) is 12.6. The number of fused-ring (bicyclic) bond motifs is 1. The van der Waals surface area contributed by atoms with E-state index in [1.54, 1.807) is 10.4 Å². The second kappa shape index (κ2) is 7.53. The third kappa shape index (κ3) is 4.52. The lowest BCUT2D eigenvalue weighted by Crippen LogP contribution is -2.56. The van der Waals surface area contributed by atoms with Gasteiger partial charge in [-0.2, -0.15) is 4.31 Å². The third-order valence-electron chi connectivity index (χ3n) is 5.41. The minimum Gasteiger partial charge on any atom is -0.350 e. The maximum atomic E-state index is 13.0. The van der Waals surface area contributed by atoms with E-state index in [1.165, 1.54) is 11.1 Å². The molecule has 3 rings (SSSR count). The molecule has 1 atom stereocenters. The second-order valence-corrected chi connectivity index (χ2v) is 10.6. The predicted molar refractivity (Wildman–Crippen MR) is 106 cm³/mol. The molecule has 1 fully saturated rings. The van der Waals surface area contributed by atoms with Gasteiger partial charge >= 0.3 is 0 Å². The van der Waals surface area contributed by atoms with Crippen LogP contribution in [0.5, 0.6) is 0 Å². The number of carbonyl (C=O) groups excluding carboxylic acids is 1. The summed E-state index contributed by atoms with van der Waals surface area (Å²) in [4.78, 5) is 14.8. The number of sulfonamides is 1. The summed E-state index contributed by atoms with van der Waals surface area (Å²) in [6.07, 6.45) is 3.11. The van der Waals surface area contributed by atoms with Crippen LogP contribution >= 0.6 is 0 Å². The van der Waals surface area contributed by atoms with E-state index >= 15 is 0 Å². The van der Waals surface area contributed by atoms with Gasteiger partial charge in [-0.1, -0.05) is 6.07 Å². The first-order valence-corrected chi connectivity index (χ1v) is 11.2. The van der Waals surface area contributed by atoms with Gasteiger partial charge in [0.1, 0.15) is 0 Å². The van der Waals surface area contributed by atoms with Gasteiger partial charge in [0.05, 0.1) is 10.9 Å². The number of piperazine rings is 1. The Labute approximate surface area is 163 Å². The average Bonchev–Trinajstić information content (AvgIpc) is 3.07. The number of benzene rings is 1. The molecule has 150 valence electrons. The molecule has 0 spiro atoms. The Morgan fingerprint density at radius 2 is 1.70 bits per heavy atom. The van der Waals surface area contributed by atoms with E-state index in [-0.39, 0.29) is 17.5 Å². The number of hydrogen-bond donors (Lipinski definition) is 1. The third-order valence-corrected chi connectivity index (χ3v) is 7.30. The van der Waals surface area contributed by atoms with Crippen molar-refractivity contribution in [3.05, 3.63) is 29.3 Å². The Kier molecular flexibility index (Phi) is 5.66. The summed E-state index contributed by atoms with van der Waals surface area (Å²) < 4.78 is 27.6. The molecule has 0 aromatic heterocycles. The number of amides is 1. The van der Waals surface area contributed by atoms with E-state index in [2.05, 4.69) is 10.2 Å². The van der Waals surface area contributed by atoms with Crippen molar-refractivity contribution >= 4 is 15.9 Å². The van der Waals surface area contributed by atoms with Gasteiger partial charge in [0, 0.05) is 31.7 Å². The highest BCUT2D eigenvalue weighted by atomic mass is 32.2. The molecule has 1 amide bonds. The molecular formula is C20H31N3O3S. The van der Waals surface area contributed by atoms with Crippen LogP contribution in [-0.4, -0.2) is 61.3 Å². The van der Waals surface area contributed by atoms with Gasteiger partial charge in [-0.05, 0) is 70.2 Å². The fourth-order valence-corrected chi connectivity index (χ4v) is 5.30. The zero-order valence-corrected chi connectivity index (χ0v) is 17.6. The highest BCUT2D eigenvalue weighted by Crippen LogP contribution is 2.27. The molecule has 1 saturated heterocycles. The lowest BCUT2D eigenvalue weighted by molar-refractivity contribution is -0.127. The highest BCUT2D eigenvalue weighted by molar-refractivity contribution is 7.89. The van der Waals surface area contributed by atoms with Crippen LogP contribution in [0.3, 0.4) is 0 Å². The zero-order valence-electron chi connectivity index (χ0n) is 16.8. The van der Waals surface area contributed by atoms with Crippen LogP contribution in [-0.2, 0) is 27.7 Å². The van der Waals surface area contributed by atoms with Crippen LogP contribution in [0.4, 0.5) is 0 Å². The van der Waals surface area contributed by atoms with Crippen LogP contribution < -0.4 is 5.32 Å². The lowest BCUT2D eigenvalue weighted by Gasteiger charge is -2.37. The summed E-state index contributed by atoms with van der Waals surface area (Å²) in [5.74, 6) is -0.0163. The maximum absolute atomic E-state index is 13.0. The van der Waals surface area contributed by atoms with Crippen molar-refractivity contribution in [2.75, 3.05) is 26.2 Å². The Morgan fingerprint density at radius 3 is 2.33 bits per heavy atom. The van der Waals surface area contributed by atoms with Gasteiger partial charge < -0.3 is 5.32 Å². The summed E-state index contributed by atoms with van der Waals surface area (Å²) in [6, 6.07) is 5.29. The Balaban J connectivity index is 1.64. The standard InChI is InChI=1S/C20H31N3O3S/c1-15(19(24)21-20(2,3)4)22-10-12-23(13-11-22)27(25,26)18-9-8-16-6-5-7-17(16)14-18/h8-9,14-15H,5-7,10-13H2,1-4H3,(H,21,24). The first kappa shape index (κ1) is 20.3. The van der Waals surface area contributed by atoms with E-state index in [1.807, 2.05) is 39.8 Å². The number of hydrogen-bond acceptors (Lipinski definition) is 4. The molecule has 2 aliphatic rings. The van der Waals surface area contributed by atoms with Gasteiger partial charge in [0.15, 0.2) is 0 Å². The molecule has 27 heavy (non-hydrogen) atoms. The normalized spacial score (nSPS) is 20.3. The van der Waals surface area contributed by atoms with Gasteiger partial charge in [0.2, 0.25) is 15.9 Å². The molecule has 1 N–H and O–H groups in total. The number of rotatable bonds is 4. The maximum Gasteiger partial charge on any atom is 0.243 e. The molecule has 1 aromatic carbocycles. The lowest BCUT2D eigenvalue weighted by atomic mass is 10.1. The van der Waals surface area contributed by atoms with E-state index in [0.717, 1.165) is 19.3 Å². The van der Waals surface area contributed by atoms with E-state index in [4.69, 9.17) is 0 Å². The molecule has 1 unspecified atom stereocenters. The number of nitrogens with zero attached hydrogens (tertiary/aromatic N) is 2. The first-order valence-electron chi connectivity index (χ1n) is 9.76. The summed E-state index contributed by atoms with van der Waals surface area (Å²) in [5.41, 5.74) is 2.17. The fraction of sp³-hybridized carbons (Fsp3) is 0.650. The van der Waals surface area contributed by atoms with Crippen molar-refractivity contribution in [3.8, 4) is 0 Å². The summed E-state index contributed by atoms with van der Waals surface area (Å²) in [5, 5.41) is 2.99. The van der Waals surface area contributed by atoms with Crippen molar-refractivity contribution in [1.29, 1.82) is 0 Å². The molecular weight excluding hydrogens is 362 g/mol. The molecule has 0 saturated carbocycles. The smallest absolute Gasteiger partial charge is 0.243 e. The van der Waals surface area contributed by atoms with Crippen LogP contribution in [0, 0.1) is 0 Å². The van der Waals surface area contributed by atoms with Gasteiger partial charge in [0.25, 0.3) is 0 Å². The molecule has 6 nitrogen and oxygen atoms in total. The predicted octanol–water partition coefficient (Wildman–Crippen LogP) is 1.78. The fourth-order valence-electron chi connectivity index (χ4n) is 3.83. The van der Waals surface area contributed by atoms with Gasteiger partial charge in [-0.3, -0.25) is 9.69 Å². The van der Waals surface area contributed by atoms with Crippen LogP contribution in [0.15, 0.2) is 23.1 Å². The van der Waals surface area contributed by atoms with E-state index in [9.17, 15) is 13.2 Å². The average molecular weight is 394 g/mol. The van der Waals surface area contributed by atoms with Crippen molar-refractivity contribution in [3.63, 3.8) is 0 Å². The Hall–Kier alpha value is -1.44. The summed E-state index contributed by atoms with van der Waals surface area (Å²) in [7, 11) is -3.48.